The Balaban J connectivity index is 2.54. The smallest absolute Gasteiger partial charge is 0.170 e. The lowest BCUT2D eigenvalue weighted by molar-refractivity contribution is -0.118. The van der Waals surface area contributed by atoms with E-state index in [4.69, 9.17) is 0 Å². The van der Waals surface area contributed by atoms with Gasteiger partial charge >= 0.3 is 0 Å². The molecule has 1 aromatic rings. The molecule has 1 rings (SSSR count). The highest BCUT2D eigenvalue weighted by molar-refractivity contribution is 6.07. The van der Waals surface area contributed by atoms with Crippen LogP contribution >= 0.6 is 0 Å². The third-order valence-electron chi connectivity index (χ3n) is 2.66. The molecule has 0 aromatic heterocycles. The van der Waals surface area contributed by atoms with Crippen molar-refractivity contribution in [2.45, 2.75) is 39.0 Å². The maximum Gasteiger partial charge on any atom is 0.170 e. The fourth-order valence-corrected chi connectivity index (χ4v) is 1.61. The highest BCUT2D eigenvalue weighted by atomic mass is 19.2. The summed E-state index contributed by atoms with van der Waals surface area (Å²) in [5.74, 6) is -2.69. The van der Waals surface area contributed by atoms with Crippen molar-refractivity contribution in [2.24, 2.45) is 0 Å². The summed E-state index contributed by atoms with van der Waals surface area (Å²) >= 11 is 0. The summed E-state index contributed by atoms with van der Waals surface area (Å²) in [6.45, 7) is 2.02. The summed E-state index contributed by atoms with van der Waals surface area (Å²) in [6, 6.07) is 2.92. The molecule has 0 bridgehead atoms. The molecule has 0 spiro atoms. The van der Waals surface area contributed by atoms with Crippen LogP contribution in [0.5, 0.6) is 0 Å². The van der Waals surface area contributed by atoms with E-state index in [9.17, 15) is 18.4 Å². The van der Waals surface area contributed by atoms with Crippen molar-refractivity contribution in [2.75, 3.05) is 0 Å². The Labute approximate surface area is 105 Å². The number of Topliss-reactive ketones (excluding diaryl/α,β-unsaturated/α-hetero) is 2. The van der Waals surface area contributed by atoms with E-state index in [0.29, 0.717) is 6.42 Å². The van der Waals surface area contributed by atoms with Crippen LogP contribution in [0.15, 0.2) is 18.2 Å². The highest BCUT2D eigenvalue weighted by Gasteiger charge is 2.13. The van der Waals surface area contributed by atoms with Crippen molar-refractivity contribution >= 4 is 11.6 Å². The monoisotopic (exact) mass is 254 g/mol. The molecule has 0 saturated heterocycles. The van der Waals surface area contributed by atoms with Gasteiger partial charge in [0.15, 0.2) is 17.4 Å². The molecule has 0 amide bonds. The van der Waals surface area contributed by atoms with E-state index in [-0.39, 0.29) is 17.8 Å². The molecule has 0 atom stereocenters. The van der Waals surface area contributed by atoms with Crippen molar-refractivity contribution in [3.8, 4) is 0 Å². The Hall–Kier alpha value is -1.58. The zero-order chi connectivity index (χ0) is 13.5. The van der Waals surface area contributed by atoms with E-state index in [2.05, 4.69) is 0 Å². The van der Waals surface area contributed by atoms with Crippen LogP contribution in [0.1, 0.15) is 49.4 Å². The molecule has 0 heterocycles. The molecule has 0 N–H and O–H groups in total. The Bertz CT molecular complexity index is 441. The Kier molecular flexibility index (Phi) is 5.62. The number of ketones is 2. The van der Waals surface area contributed by atoms with Gasteiger partial charge in [-0.05, 0) is 24.6 Å². The fraction of sp³-hybridized carbons (Fsp3) is 0.429. The molecule has 0 aliphatic heterocycles. The third kappa shape index (κ3) is 4.35. The number of benzene rings is 1. The number of carbonyl (C=O) groups is 2. The van der Waals surface area contributed by atoms with E-state index in [1.807, 2.05) is 6.92 Å². The van der Waals surface area contributed by atoms with Crippen molar-refractivity contribution in [3.05, 3.63) is 35.4 Å². The fourth-order valence-electron chi connectivity index (χ4n) is 1.61. The van der Waals surface area contributed by atoms with E-state index in [1.165, 1.54) is 6.07 Å². The first-order valence-corrected chi connectivity index (χ1v) is 6.04. The number of hydrogen-bond donors (Lipinski definition) is 0. The molecule has 0 radical (unpaired) electrons. The first-order valence-electron chi connectivity index (χ1n) is 6.04. The molecule has 1 aromatic carbocycles. The Morgan fingerprint density at radius 3 is 2.44 bits per heavy atom. The molecule has 0 saturated carbocycles. The number of hydrogen-bond acceptors (Lipinski definition) is 2. The van der Waals surface area contributed by atoms with E-state index in [1.54, 1.807) is 0 Å². The van der Waals surface area contributed by atoms with Gasteiger partial charge in [0.2, 0.25) is 0 Å². The van der Waals surface area contributed by atoms with Crippen LogP contribution in [0.25, 0.3) is 0 Å². The van der Waals surface area contributed by atoms with Gasteiger partial charge in [-0.1, -0.05) is 19.8 Å². The van der Waals surface area contributed by atoms with Gasteiger partial charge in [0.25, 0.3) is 0 Å². The minimum Gasteiger partial charge on any atom is -0.299 e. The van der Waals surface area contributed by atoms with Gasteiger partial charge in [-0.2, -0.15) is 0 Å². The maximum atomic E-state index is 12.9. The second-order valence-corrected chi connectivity index (χ2v) is 4.22. The molecule has 0 aliphatic carbocycles. The normalized spacial score (nSPS) is 10.4. The lowest BCUT2D eigenvalue weighted by Gasteiger charge is -2.02. The quantitative estimate of drug-likeness (QED) is 0.422. The first-order chi connectivity index (χ1) is 8.54. The summed E-state index contributed by atoms with van der Waals surface area (Å²) in [5, 5.41) is 0. The van der Waals surface area contributed by atoms with Crippen LogP contribution in [-0.4, -0.2) is 11.6 Å². The number of unbranched alkanes of at least 4 members (excludes halogenated alkanes) is 2. The summed E-state index contributed by atoms with van der Waals surface area (Å²) < 4.78 is 25.6. The van der Waals surface area contributed by atoms with E-state index >= 15 is 0 Å². The van der Waals surface area contributed by atoms with Crippen molar-refractivity contribution < 1.29 is 18.4 Å². The number of carbonyl (C=O) groups excluding carboxylic acids is 2. The predicted octanol–water partition coefficient (Wildman–Crippen LogP) is 3.69. The lowest BCUT2D eigenvalue weighted by atomic mass is 10.0. The molecule has 98 valence electrons. The standard InChI is InChI=1S/C14H16F2O2/c1-2-3-4-5-11(17)9-14(18)10-6-7-12(15)13(16)8-10/h6-8H,2-5,9H2,1H3. The molecule has 0 aliphatic rings. The van der Waals surface area contributed by atoms with Crippen LogP contribution in [0, 0.1) is 11.6 Å². The van der Waals surface area contributed by atoms with Gasteiger partial charge in [0, 0.05) is 12.0 Å². The molecule has 0 fully saturated rings. The van der Waals surface area contributed by atoms with Crippen LogP contribution < -0.4 is 0 Å². The Morgan fingerprint density at radius 2 is 1.83 bits per heavy atom. The highest BCUT2D eigenvalue weighted by Crippen LogP contribution is 2.12. The van der Waals surface area contributed by atoms with Crippen LogP contribution in [0.2, 0.25) is 0 Å². The predicted molar refractivity (Wildman–Crippen MR) is 64.5 cm³/mol. The maximum absolute atomic E-state index is 12.9. The summed E-state index contributed by atoms with van der Waals surface area (Å²) in [5.41, 5.74) is 0.0396. The summed E-state index contributed by atoms with van der Waals surface area (Å²) in [7, 11) is 0. The largest absolute Gasteiger partial charge is 0.299 e. The zero-order valence-electron chi connectivity index (χ0n) is 10.3. The minimum absolute atomic E-state index is 0.0396. The molecule has 0 unspecified atom stereocenters. The van der Waals surface area contributed by atoms with Gasteiger partial charge in [-0.25, -0.2) is 8.78 Å². The van der Waals surface area contributed by atoms with Gasteiger partial charge < -0.3 is 0 Å². The second-order valence-electron chi connectivity index (χ2n) is 4.22. The number of rotatable bonds is 7. The Morgan fingerprint density at radius 1 is 1.11 bits per heavy atom. The molecular weight excluding hydrogens is 238 g/mol. The van der Waals surface area contributed by atoms with Crippen molar-refractivity contribution in [1.29, 1.82) is 0 Å². The second kappa shape index (κ2) is 6.99. The average Bonchev–Trinajstić information content (AvgIpc) is 2.33. The van der Waals surface area contributed by atoms with Crippen molar-refractivity contribution in [1.82, 2.24) is 0 Å². The van der Waals surface area contributed by atoms with Crippen LogP contribution in [0.4, 0.5) is 8.78 Å². The molecule has 18 heavy (non-hydrogen) atoms. The zero-order valence-corrected chi connectivity index (χ0v) is 10.3. The topological polar surface area (TPSA) is 34.1 Å². The summed E-state index contributed by atoms with van der Waals surface area (Å²) in [4.78, 5) is 23.1. The minimum atomic E-state index is -1.07. The first kappa shape index (κ1) is 14.5. The van der Waals surface area contributed by atoms with Crippen molar-refractivity contribution in [3.63, 3.8) is 0 Å². The molecule has 2 nitrogen and oxygen atoms in total. The van der Waals surface area contributed by atoms with Crippen LogP contribution in [-0.2, 0) is 4.79 Å². The van der Waals surface area contributed by atoms with Gasteiger partial charge in [0.05, 0.1) is 6.42 Å². The lowest BCUT2D eigenvalue weighted by Crippen LogP contribution is -2.08. The van der Waals surface area contributed by atoms with E-state index in [0.717, 1.165) is 31.4 Å². The van der Waals surface area contributed by atoms with Gasteiger partial charge in [-0.15, -0.1) is 0 Å². The third-order valence-corrected chi connectivity index (χ3v) is 2.66. The summed E-state index contributed by atoms with van der Waals surface area (Å²) in [6.07, 6.45) is 2.84. The molecular formula is C14H16F2O2. The average molecular weight is 254 g/mol. The molecule has 4 heteroatoms. The van der Waals surface area contributed by atoms with Crippen LogP contribution in [0.3, 0.4) is 0 Å². The van der Waals surface area contributed by atoms with E-state index < -0.39 is 17.4 Å². The number of halogens is 2. The SMILES string of the molecule is CCCCCC(=O)CC(=O)c1ccc(F)c(F)c1. The van der Waals surface area contributed by atoms with Gasteiger partial charge in [0.1, 0.15) is 5.78 Å². The van der Waals surface area contributed by atoms with Gasteiger partial charge in [-0.3, -0.25) is 9.59 Å².